The summed E-state index contributed by atoms with van der Waals surface area (Å²) in [5.74, 6) is -0.0114. The molecule has 1 atom stereocenters. The van der Waals surface area contributed by atoms with Crippen molar-refractivity contribution >= 4 is 5.91 Å². The minimum atomic E-state index is -0.480. The van der Waals surface area contributed by atoms with Crippen molar-refractivity contribution in [2.24, 2.45) is 10.5 Å². The standard InChI is InChI=1S/C14H22N4O/c1-3-4-5-12-6-8-14(2,9-7-12)13(19)16-10-11-17-18-15/h6-8H,3-5,9-11H2,1-2H3,(H,16,19). The number of rotatable bonds is 7. The summed E-state index contributed by atoms with van der Waals surface area (Å²) in [7, 11) is 0. The van der Waals surface area contributed by atoms with Gasteiger partial charge in [-0.05, 0) is 31.7 Å². The Hall–Kier alpha value is -1.74. The molecule has 0 saturated carbocycles. The number of amides is 1. The van der Waals surface area contributed by atoms with Crippen molar-refractivity contribution in [2.45, 2.75) is 39.5 Å². The van der Waals surface area contributed by atoms with Crippen LogP contribution in [0.1, 0.15) is 39.5 Å². The third-order valence-electron chi connectivity index (χ3n) is 3.35. The second kappa shape index (κ2) is 7.64. The number of azide groups is 1. The molecule has 19 heavy (non-hydrogen) atoms. The van der Waals surface area contributed by atoms with Crippen LogP contribution in [-0.4, -0.2) is 19.0 Å². The van der Waals surface area contributed by atoms with Gasteiger partial charge in [-0.2, -0.15) is 0 Å². The number of nitrogens with one attached hydrogen (secondary N) is 1. The van der Waals surface area contributed by atoms with E-state index in [0.29, 0.717) is 13.1 Å². The van der Waals surface area contributed by atoms with Crippen LogP contribution < -0.4 is 5.32 Å². The highest BCUT2D eigenvalue weighted by atomic mass is 16.2. The lowest BCUT2D eigenvalue weighted by atomic mass is 9.80. The second-order valence-electron chi connectivity index (χ2n) is 5.05. The predicted octanol–water partition coefficient (Wildman–Crippen LogP) is 3.50. The molecule has 104 valence electrons. The fourth-order valence-electron chi connectivity index (χ4n) is 1.97. The smallest absolute Gasteiger partial charge is 0.230 e. The van der Waals surface area contributed by atoms with Gasteiger partial charge in [0.2, 0.25) is 5.91 Å². The van der Waals surface area contributed by atoms with Crippen molar-refractivity contribution in [1.29, 1.82) is 0 Å². The molecule has 0 saturated heterocycles. The van der Waals surface area contributed by atoms with Gasteiger partial charge in [0.25, 0.3) is 0 Å². The molecule has 1 aliphatic carbocycles. The van der Waals surface area contributed by atoms with Crippen molar-refractivity contribution in [3.8, 4) is 0 Å². The Morgan fingerprint density at radius 3 is 3.00 bits per heavy atom. The highest BCUT2D eigenvalue weighted by Crippen LogP contribution is 2.30. The van der Waals surface area contributed by atoms with Gasteiger partial charge in [0, 0.05) is 18.0 Å². The first-order valence-electron chi connectivity index (χ1n) is 6.80. The van der Waals surface area contributed by atoms with Crippen LogP contribution in [0.15, 0.2) is 28.9 Å². The summed E-state index contributed by atoms with van der Waals surface area (Å²) in [6, 6.07) is 0. The van der Waals surface area contributed by atoms with Gasteiger partial charge in [-0.3, -0.25) is 4.79 Å². The van der Waals surface area contributed by atoms with Gasteiger partial charge < -0.3 is 5.32 Å². The molecule has 0 aliphatic heterocycles. The van der Waals surface area contributed by atoms with Crippen LogP contribution >= 0.6 is 0 Å². The molecule has 0 heterocycles. The maximum absolute atomic E-state index is 12.1. The first-order chi connectivity index (χ1) is 9.12. The van der Waals surface area contributed by atoms with Gasteiger partial charge >= 0.3 is 0 Å². The zero-order chi connectivity index (χ0) is 14.1. The van der Waals surface area contributed by atoms with E-state index in [4.69, 9.17) is 5.53 Å². The first kappa shape index (κ1) is 15.3. The van der Waals surface area contributed by atoms with Crippen molar-refractivity contribution in [3.05, 3.63) is 34.2 Å². The fraction of sp³-hybridized carbons (Fsp3) is 0.643. The van der Waals surface area contributed by atoms with E-state index < -0.39 is 5.41 Å². The highest BCUT2D eigenvalue weighted by Gasteiger charge is 2.30. The van der Waals surface area contributed by atoms with Crippen LogP contribution in [0, 0.1) is 5.41 Å². The summed E-state index contributed by atoms with van der Waals surface area (Å²) >= 11 is 0. The average Bonchev–Trinajstić information content (AvgIpc) is 2.43. The number of hydrogen-bond acceptors (Lipinski definition) is 2. The number of unbranched alkanes of at least 4 members (excludes halogenated alkanes) is 1. The molecule has 0 aromatic heterocycles. The molecule has 1 N–H and O–H groups in total. The van der Waals surface area contributed by atoms with E-state index in [2.05, 4.69) is 34.4 Å². The van der Waals surface area contributed by atoms with Crippen molar-refractivity contribution in [2.75, 3.05) is 13.1 Å². The molecule has 0 fully saturated rings. The molecule has 5 nitrogen and oxygen atoms in total. The van der Waals surface area contributed by atoms with E-state index in [0.717, 1.165) is 12.8 Å². The molecule has 1 amide bonds. The lowest BCUT2D eigenvalue weighted by Crippen LogP contribution is -2.39. The van der Waals surface area contributed by atoms with Gasteiger partial charge in [0.1, 0.15) is 0 Å². The van der Waals surface area contributed by atoms with Crippen molar-refractivity contribution in [3.63, 3.8) is 0 Å². The first-order valence-corrected chi connectivity index (χ1v) is 6.80. The van der Waals surface area contributed by atoms with Crippen molar-refractivity contribution < 1.29 is 4.79 Å². The third kappa shape index (κ3) is 4.79. The number of carbonyl (C=O) groups is 1. The van der Waals surface area contributed by atoms with Crippen LogP contribution in [0.5, 0.6) is 0 Å². The molecular formula is C14H22N4O. The SMILES string of the molecule is CCCCC1=CCC(C)(C(=O)NCCN=[N+]=[N-])C=C1. The van der Waals surface area contributed by atoms with Crippen LogP contribution in [0.2, 0.25) is 0 Å². The molecule has 0 spiro atoms. The maximum Gasteiger partial charge on any atom is 0.230 e. The van der Waals surface area contributed by atoms with Gasteiger partial charge in [0.15, 0.2) is 0 Å². The molecule has 5 heteroatoms. The zero-order valence-corrected chi connectivity index (χ0v) is 11.7. The van der Waals surface area contributed by atoms with E-state index in [-0.39, 0.29) is 5.91 Å². The zero-order valence-electron chi connectivity index (χ0n) is 11.7. The number of hydrogen-bond donors (Lipinski definition) is 1. The lowest BCUT2D eigenvalue weighted by molar-refractivity contribution is -0.127. The topological polar surface area (TPSA) is 77.9 Å². The summed E-state index contributed by atoms with van der Waals surface area (Å²) < 4.78 is 0. The van der Waals surface area contributed by atoms with E-state index in [1.165, 1.54) is 18.4 Å². The third-order valence-corrected chi connectivity index (χ3v) is 3.35. The molecule has 1 aliphatic rings. The maximum atomic E-state index is 12.1. The lowest BCUT2D eigenvalue weighted by Gasteiger charge is -2.26. The van der Waals surface area contributed by atoms with Crippen LogP contribution in [0.4, 0.5) is 0 Å². The monoisotopic (exact) mass is 262 g/mol. The molecule has 0 aromatic rings. The Kier molecular flexibility index (Phi) is 6.16. The van der Waals surface area contributed by atoms with Crippen LogP contribution in [-0.2, 0) is 4.79 Å². The normalized spacial score (nSPS) is 21.5. The van der Waals surface area contributed by atoms with Crippen LogP contribution in [0.25, 0.3) is 10.4 Å². The summed E-state index contributed by atoms with van der Waals surface area (Å²) in [5.41, 5.74) is 9.00. The summed E-state index contributed by atoms with van der Waals surface area (Å²) in [4.78, 5) is 14.7. The Morgan fingerprint density at radius 2 is 2.42 bits per heavy atom. The molecule has 1 rings (SSSR count). The second-order valence-corrected chi connectivity index (χ2v) is 5.05. The quantitative estimate of drug-likeness (QED) is 0.324. The average molecular weight is 262 g/mol. The summed E-state index contributed by atoms with van der Waals surface area (Å²) in [6.07, 6.45) is 10.4. The summed E-state index contributed by atoms with van der Waals surface area (Å²) in [5, 5.41) is 6.19. The molecule has 1 unspecified atom stereocenters. The molecule has 0 aromatic carbocycles. The van der Waals surface area contributed by atoms with E-state index >= 15 is 0 Å². The Morgan fingerprint density at radius 1 is 1.63 bits per heavy atom. The fourth-order valence-corrected chi connectivity index (χ4v) is 1.97. The Labute approximate surface area is 114 Å². The van der Waals surface area contributed by atoms with Gasteiger partial charge in [-0.25, -0.2) is 0 Å². The largest absolute Gasteiger partial charge is 0.355 e. The highest BCUT2D eigenvalue weighted by molar-refractivity contribution is 5.84. The number of nitrogens with zero attached hydrogens (tertiary/aromatic N) is 3. The molecular weight excluding hydrogens is 240 g/mol. The van der Waals surface area contributed by atoms with Crippen LogP contribution in [0.3, 0.4) is 0 Å². The Bertz CT molecular complexity index is 421. The Balaban J connectivity index is 2.46. The predicted molar refractivity (Wildman–Crippen MR) is 76.5 cm³/mol. The minimum Gasteiger partial charge on any atom is -0.355 e. The van der Waals surface area contributed by atoms with Gasteiger partial charge in [-0.15, -0.1) is 0 Å². The number of carbonyl (C=O) groups excluding carboxylic acids is 1. The van der Waals surface area contributed by atoms with Crippen molar-refractivity contribution in [1.82, 2.24) is 5.32 Å². The van der Waals surface area contributed by atoms with E-state index in [1.807, 2.05) is 13.0 Å². The van der Waals surface area contributed by atoms with E-state index in [1.54, 1.807) is 0 Å². The molecule has 0 bridgehead atoms. The minimum absolute atomic E-state index is 0.0114. The number of allylic oxidation sites excluding steroid dienone is 3. The molecule has 0 radical (unpaired) electrons. The van der Waals surface area contributed by atoms with Gasteiger partial charge in [0.05, 0.1) is 5.41 Å². The summed E-state index contributed by atoms with van der Waals surface area (Å²) in [6.45, 7) is 4.78. The van der Waals surface area contributed by atoms with E-state index in [9.17, 15) is 4.79 Å². The van der Waals surface area contributed by atoms with Gasteiger partial charge in [-0.1, -0.05) is 42.3 Å².